The molecule has 0 aromatic carbocycles. The fraction of sp³-hybridized carbons (Fsp3) is 0.941. The third-order valence-electron chi connectivity index (χ3n) is 4.81. The largest absolute Gasteiger partial charge is 0.344 e. The molecule has 1 atom stereocenters. The van der Waals surface area contributed by atoms with Gasteiger partial charge >= 0.3 is 0 Å². The molecule has 3 nitrogen and oxygen atoms in total. The topological polar surface area (TPSA) is 23.6 Å². The predicted octanol–water partition coefficient (Wildman–Crippen LogP) is 5.55. The van der Waals surface area contributed by atoms with Crippen molar-refractivity contribution in [2.24, 2.45) is 5.41 Å². The first-order valence-corrected chi connectivity index (χ1v) is 14.5. The Balaban J connectivity index is 0. The van der Waals surface area contributed by atoms with Crippen molar-refractivity contribution in [1.29, 1.82) is 0 Å². The molecule has 0 radical (unpaired) electrons. The summed E-state index contributed by atoms with van der Waals surface area (Å²) in [4.78, 5) is 17.0. The lowest BCUT2D eigenvalue weighted by molar-refractivity contribution is -0.143. The number of hydrogen-bond donors (Lipinski definition) is 0. The van der Waals surface area contributed by atoms with Crippen LogP contribution in [-0.4, -0.2) is 48.4 Å². The van der Waals surface area contributed by atoms with Crippen LogP contribution in [0.2, 0.25) is 0 Å². The Labute approximate surface area is 162 Å². The first kappa shape index (κ1) is 25.1. The lowest BCUT2D eigenvalue weighted by Crippen LogP contribution is -2.56. The number of carbonyl (C=O) groups excluding carboxylic acids is 1. The van der Waals surface area contributed by atoms with Crippen molar-refractivity contribution in [2.75, 3.05) is 27.2 Å². The van der Waals surface area contributed by atoms with Crippen LogP contribution < -0.4 is 0 Å². The van der Waals surface area contributed by atoms with E-state index in [1.54, 1.807) is 0 Å². The summed E-state index contributed by atoms with van der Waals surface area (Å²) in [7, 11) is 4.02. The molecule has 1 unspecified atom stereocenters. The fourth-order valence-electron chi connectivity index (χ4n) is 2.46. The number of hydrogen-bond acceptors (Lipinski definition) is 2. The third kappa shape index (κ3) is 8.13. The van der Waals surface area contributed by atoms with Gasteiger partial charge in [-0.05, 0) is 45.2 Å². The second-order valence-electron chi connectivity index (χ2n) is 7.08. The van der Waals surface area contributed by atoms with Crippen molar-refractivity contribution in [2.45, 2.75) is 72.8 Å². The SMILES string of the molecule is CCCCN(C)C(C)(CC)C(=O)N(C)CC(C)(C)CC.II. The van der Waals surface area contributed by atoms with Gasteiger partial charge in [0.05, 0.1) is 5.54 Å². The Kier molecular flexibility index (Phi) is 14.0. The monoisotopic (exact) mass is 538 g/mol. The number of likely N-dealkylation sites (N-methyl/N-ethyl adjacent to an activating group) is 2. The average Bonchev–Trinajstić information content (AvgIpc) is 2.52. The first-order valence-electron chi connectivity index (χ1n) is 8.25. The minimum absolute atomic E-state index is 0.182. The first-order chi connectivity index (χ1) is 10.1. The summed E-state index contributed by atoms with van der Waals surface area (Å²) < 4.78 is 0. The molecule has 0 saturated heterocycles. The molecule has 0 aromatic heterocycles. The molecule has 0 aliphatic heterocycles. The van der Waals surface area contributed by atoms with Gasteiger partial charge in [-0.25, -0.2) is 0 Å². The van der Waals surface area contributed by atoms with Crippen molar-refractivity contribution < 1.29 is 4.79 Å². The summed E-state index contributed by atoms with van der Waals surface area (Å²) >= 11 is 4.24. The van der Waals surface area contributed by atoms with Crippen LogP contribution in [0, 0.1) is 5.41 Å². The molecule has 5 heteroatoms. The van der Waals surface area contributed by atoms with Gasteiger partial charge in [-0.1, -0.05) is 41.0 Å². The highest BCUT2D eigenvalue weighted by Gasteiger charge is 2.38. The minimum Gasteiger partial charge on any atom is -0.344 e. The van der Waals surface area contributed by atoms with E-state index in [0.29, 0.717) is 0 Å². The molecule has 134 valence electrons. The van der Waals surface area contributed by atoms with E-state index in [1.807, 2.05) is 11.9 Å². The maximum atomic E-state index is 12.9. The van der Waals surface area contributed by atoms with E-state index in [2.05, 4.69) is 90.7 Å². The van der Waals surface area contributed by atoms with Gasteiger partial charge in [-0.3, -0.25) is 9.69 Å². The van der Waals surface area contributed by atoms with Gasteiger partial charge in [-0.15, -0.1) is 0 Å². The highest BCUT2D eigenvalue weighted by Crippen LogP contribution is 2.25. The van der Waals surface area contributed by atoms with Gasteiger partial charge in [0.1, 0.15) is 0 Å². The summed E-state index contributed by atoms with van der Waals surface area (Å²) in [5.74, 6) is 0.250. The standard InChI is InChI=1S/C17H36N2O.I2/c1-9-12-13-19(8)17(6,11-3)15(20)18(7)14-16(4,5)10-2;1-2/h9-14H2,1-8H3;. The quantitative estimate of drug-likeness (QED) is 0.360. The second-order valence-corrected chi connectivity index (χ2v) is 7.08. The van der Waals surface area contributed by atoms with Gasteiger partial charge in [0.2, 0.25) is 5.91 Å². The molecule has 0 bridgehead atoms. The zero-order valence-corrected chi connectivity index (χ0v) is 20.1. The van der Waals surface area contributed by atoms with Gasteiger partial charge in [0, 0.05) is 50.8 Å². The van der Waals surface area contributed by atoms with Gasteiger partial charge < -0.3 is 4.90 Å². The van der Waals surface area contributed by atoms with E-state index in [1.165, 1.54) is 0 Å². The number of unbranched alkanes of at least 4 members (excludes halogenated alkanes) is 1. The van der Waals surface area contributed by atoms with Gasteiger partial charge in [-0.2, -0.15) is 0 Å². The van der Waals surface area contributed by atoms with Crippen LogP contribution in [-0.2, 0) is 4.79 Å². The van der Waals surface area contributed by atoms with E-state index in [0.717, 1.165) is 38.8 Å². The van der Waals surface area contributed by atoms with Crippen LogP contribution in [0.3, 0.4) is 0 Å². The maximum absolute atomic E-state index is 12.9. The maximum Gasteiger partial charge on any atom is 0.242 e. The molecule has 0 N–H and O–H groups in total. The van der Waals surface area contributed by atoms with Gasteiger partial charge in [0.15, 0.2) is 0 Å². The minimum atomic E-state index is -0.381. The lowest BCUT2D eigenvalue weighted by Gasteiger charge is -2.41. The Hall–Kier alpha value is 0.890. The molecule has 0 heterocycles. The Morgan fingerprint density at radius 1 is 1.00 bits per heavy atom. The zero-order valence-electron chi connectivity index (χ0n) is 15.8. The van der Waals surface area contributed by atoms with Crippen molar-refractivity contribution in [1.82, 2.24) is 9.80 Å². The number of halogens is 2. The molecular formula is C17H36I2N2O. The van der Waals surface area contributed by atoms with Crippen LogP contribution >= 0.6 is 37.2 Å². The summed E-state index contributed by atoms with van der Waals surface area (Å²) in [6.07, 6.45) is 4.24. The van der Waals surface area contributed by atoms with Gasteiger partial charge in [0.25, 0.3) is 0 Å². The molecule has 0 aliphatic rings. The molecule has 0 aliphatic carbocycles. The van der Waals surface area contributed by atoms with Crippen LogP contribution in [0.15, 0.2) is 0 Å². The summed E-state index contributed by atoms with van der Waals surface area (Å²) in [6.45, 7) is 14.8. The van der Waals surface area contributed by atoms with Crippen LogP contribution in [0.25, 0.3) is 0 Å². The van der Waals surface area contributed by atoms with E-state index < -0.39 is 0 Å². The predicted molar refractivity (Wildman–Crippen MR) is 116 cm³/mol. The van der Waals surface area contributed by atoms with Crippen molar-refractivity contribution in [3.05, 3.63) is 0 Å². The van der Waals surface area contributed by atoms with Crippen molar-refractivity contribution in [3.8, 4) is 0 Å². The molecule has 0 spiro atoms. The van der Waals surface area contributed by atoms with Crippen LogP contribution in [0.5, 0.6) is 0 Å². The fourth-order valence-corrected chi connectivity index (χ4v) is 2.46. The van der Waals surface area contributed by atoms with E-state index in [9.17, 15) is 4.79 Å². The zero-order chi connectivity index (χ0) is 18.0. The molecule has 1 amide bonds. The number of amides is 1. The lowest BCUT2D eigenvalue weighted by atomic mass is 9.88. The van der Waals surface area contributed by atoms with Crippen LogP contribution in [0.4, 0.5) is 0 Å². The smallest absolute Gasteiger partial charge is 0.242 e. The Morgan fingerprint density at radius 3 is 1.86 bits per heavy atom. The summed E-state index contributed by atoms with van der Waals surface area (Å²) in [5.41, 5.74) is -0.200. The summed E-state index contributed by atoms with van der Waals surface area (Å²) in [5, 5.41) is 0. The van der Waals surface area contributed by atoms with E-state index in [-0.39, 0.29) is 16.9 Å². The molecule has 0 aromatic rings. The molecule has 22 heavy (non-hydrogen) atoms. The Morgan fingerprint density at radius 2 is 1.50 bits per heavy atom. The number of carbonyl (C=O) groups is 1. The molecule has 0 saturated carbocycles. The molecular weight excluding hydrogens is 502 g/mol. The Bertz CT molecular complexity index is 311. The second kappa shape index (κ2) is 12.3. The van der Waals surface area contributed by atoms with Crippen LogP contribution in [0.1, 0.15) is 67.2 Å². The highest BCUT2D eigenvalue weighted by molar-refractivity contribution is 15.0. The summed E-state index contributed by atoms with van der Waals surface area (Å²) in [6, 6.07) is 0. The number of nitrogens with zero attached hydrogens (tertiary/aromatic N) is 2. The van der Waals surface area contributed by atoms with E-state index in [4.69, 9.17) is 0 Å². The normalized spacial score (nSPS) is 14.1. The molecule has 0 rings (SSSR count). The van der Waals surface area contributed by atoms with Crippen molar-refractivity contribution >= 4 is 43.1 Å². The number of rotatable bonds is 9. The van der Waals surface area contributed by atoms with E-state index >= 15 is 0 Å². The highest BCUT2D eigenvalue weighted by atomic mass is 128. The average molecular weight is 538 g/mol. The third-order valence-corrected chi connectivity index (χ3v) is 4.81. The molecule has 0 fully saturated rings. The van der Waals surface area contributed by atoms with Crippen molar-refractivity contribution in [3.63, 3.8) is 0 Å².